The number of Topliss-reactive ketones (excluding diaryl/α,β-unsaturated/α-hetero) is 1. The predicted octanol–water partition coefficient (Wildman–Crippen LogP) is 2.04. The van der Waals surface area contributed by atoms with Crippen LogP contribution in [0.4, 0.5) is 0 Å². The van der Waals surface area contributed by atoms with Gasteiger partial charge < -0.3 is 25.5 Å². The molecule has 0 amide bonds. The first-order chi connectivity index (χ1) is 11.4. The Balaban J connectivity index is 0.000000443. The summed E-state index contributed by atoms with van der Waals surface area (Å²) in [6, 6.07) is 0. The first-order valence-electron chi connectivity index (χ1n) is 7.81. The number of carbonyl (C=O) groups is 2. The van der Waals surface area contributed by atoms with Gasteiger partial charge in [0.25, 0.3) is 0 Å². The number of carbonyl (C=O) groups excluding carboxylic acids is 1. The van der Waals surface area contributed by atoms with Crippen molar-refractivity contribution in [2.45, 2.75) is 49.9 Å². The van der Waals surface area contributed by atoms with Crippen molar-refractivity contribution in [2.24, 2.45) is 5.92 Å². The van der Waals surface area contributed by atoms with Gasteiger partial charge in [0.05, 0.1) is 18.6 Å². The van der Waals surface area contributed by atoms with Crippen molar-refractivity contribution in [1.29, 1.82) is 0 Å². The molecule has 0 spiro atoms. The largest absolute Gasteiger partial charge is 2.00 e. The van der Waals surface area contributed by atoms with Crippen LogP contribution in [0, 0.1) is 5.92 Å². The predicted molar refractivity (Wildman–Crippen MR) is 93.0 cm³/mol. The van der Waals surface area contributed by atoms with Gasteiger partial charge in [0.15, 0.2) is 5.76 Å². The second-order valence-corrected chi connectivity index (χ2v) is 8.47. The quantitative estimate of drug-likeness (QED) is 0.227. The molecule has 2 unspecified atom stereocenters. The van der Waals surface area contributed by atoms with E-state index in [-0.39, 0.29) is 23.5 Å². The van der Waals surface area contributed by atoms with E-state index in [2.05, 4.69) is 0 Å². The summed E-state index contributed by atoms with van der Waals surface area (Å²) in [5.41, 5.74) is 0. The monoisotopic (exact) mass is 443 g/mol. The van der Waals surface area contributed by atoms with E-state index < -0.39 is 41.9 Å². The van der Waals surface area contributed by atoms with E-state index in [1.807, 2.05) is 21.6 Å². The molecule has 2 aliphatic rings. The van der Waals surface area contributed by atoms with E-state index in [0.29, 0.717) is 6.42 Å². The number of ketones is 1. The summed E-state index contributed by atoms with van der Waals surface area (Å²) in [6.45, 7) is -0.546. The molecule has 10 heteroatoms. The van der Waals surface area contributed by atoms with Crippen molar-refractivity contribution >= 4 is 33.3 Å². The fourth-order valence-corrected chi connectivity index (χ4v) is 5.40. The fraction of sp³-hybridized carbons (Fsp3) is 0.733. The van der Waals surface area contributed by atoms with Crippen LogP contribution in [0.25, 0.3) is 0 Å². The Kier molecular flexibility index (Phi) is 12.7. The Morgan fingerprint density at radius 3 is 2.40 bits per heavy atom. The van der Waals surface area contributed by atoms with E-state index in [0.717, 1.165) is 18.1 Å². The Hall–Kier alpha value is -0.381. The third-order valence-electron chi connectivity index (χ3n) is 3.81. The maximum Gasteiger partial charge on any atom is 2.00 e. The molecule has 0 aromatic rings. The Bertz CT molecular complexity index is 467. The smallest absolute Gasteiger partial charge is 0.508 e. The molecule has 1 heterocycles. The number of rotatable bonds is 7. The van der Waals surface area contributed by atoms with Crippen LogP contribution in [0.15, 0.2) is 11.5 Å². The molecule has 2 rings (SSSR count). The molecule has 0 aromatic carbocycles. The van der Waals surface area contributed by atoms with E-state index in [1.165, 1.54) is 18.6 Å². The molecule has 5 N–H and O–H groups in total. The molecule has 1 aliphatic heterocycles. The van der Waals surface area contributed by atoms with Gasteiger partial charge in [-0.1, -0.05) is 28.0 Å². The number of aliphatic hydroxyl groups excluding tert-OH is 4. The Morgan fingerprint density at radius 1 is 1.28 bits per heavy atom. The van der Waals surface area contributed by atoms with E-state index >= 15 is 0 Å². The van der Waals surface area contributed by atoms with Crippen LogP contribution in [-0.4, -0.2) is 61.0 Å². The number of allylic oxidation sites excluding steroid dienone is 1. The summed E-state index contributed by atoms with van der Waals surface area (Å²) >= 11 is 0. The van der Waals surface area contributed by atoms with Crippen molar-refractivity contribution in [3.63, 3.8) is 0 Å². The third kappa shape index (κ3) is 8.70. The van der Waals surface area contributed by atoms with Gasteiger partial charge in [0.2, 0.25) is 5.78 Å². The first kappa shape index (κ1) is 24.6. The molecule has 0 aromatic heterocycles. The molecule has 1 saturated heterocycles. The van der Waals surface area contributed by atoms with Gasteiger partial charge >= 0.3 is 23.0 Å². The summed E-state index contributed by atoms with van der Waals surface area (Å²) in [4.78, 5) is 20.9. The number of aliphatic hydroxyl groups is 4. The summed E-state index contributed by atoms with van der Waals surface area (Å²) in [5, 5.41) is 44.7. The SMILES string of the molecule is O=C(O)CCCCC1CCSS1.O=C1CC([C@@H](O)CO)C(O)=C1O.[Cu+2]. The second kappa shape index (κ2) is 12.9. The van der Waals surface area contributed by atoms with Gasteiger partial charge in [-0.15, -0.1) is 0 Å². The summed E-state index contributed by atoms with van der Waals surface area (Å²) < 4.78 is 0. The molecule has 7 nitrogen and oxygen atoms in total. The minimum absolute atomic E-state index is 0. The zero-order valence-electron chi connectivity index (χ0n) is 13.6. The van der Waals surface area contributed by atoms with Crippen LogP contribution in [0.2, 0.25) is 0 Å². The number of unbranched alkanes of at least 4 members (excludes halogenated alkanes) is 1. The second-order valence-electron chi connectivity index (χ2n) is 5.69. The van der Waals surface area contributed by atoms with E-state index in [1.54, 1.807) is 0 Å². The molecule has 0 saturated carbocycles. The minimum Gasteiger partial charge on any atom is -0.508 e. The molecular weight excluding hydrogens is 420 g/mol. The first-order valence-corrected chi connectivity index (χ1v) is 10.2. The van der Waals surface area contributed by atoms with Crippen molar-refractivity contribution < 1.29 is 52.2 Å². The Morgan fingerprint density at radius 2 is 1.96 bits per heavy atom. The topological polar surface area (TPSA) is 135 Å². The van der Waals surface area contributed by atoms with Crippen LogP contribution in [0.1, 0.15) is 38.5 Å². The van der Waals surface area contributed by atoms with E-state index in [4.69, 9.17) is 25.5 Å². The molecule has 3 atom stereocenters. The maximum atomic E-state index is 10.8. The average Bonchev–Trinajstić information content (AvgIpc) is 3.16. The summed E-state index contributed by atoms with van der Waals surface area (Å²) in [7, 11) is 3.92. The van der Waals surface area contributed by atoms with Crippen molar-refractivity contribution in [3.05, 3.63) is 11.5 Å². The molecule has 1 aliphatic carbocycles. The number of hydrogen-bond acceptors (Lipinski definition) is 8. The fourth-order valence-electron chi connectivity index (χ4n) is 2.37. The van der Waals surface area contributed by atoms with Gasteiger partial charge in [-0.2, -0.15) is 0 Å². The van der Waals surface area contributed by atoms with Crippen molar-refractivity contribution in [1.82, 2.24) is 0 Å². The molecule has 1 radical (unpaired) electrons. The minimum atomic E-state index is -1.20. The van der Waals surface area contributed by atoms with E-state index in [9.17, 15) is 9.59 Å². The molecular formula is C15H24CuO7S2+2. The standard InChI is InChI=1S/C8H14O2S2.C7H10O5.Cu/c9-8(10)4-2-1-3-7-5-6-11-12-7;8-2-5(10)3-1-4(9)7(12)6(3)11;/h7H,1-6H2,(H,9,10);3,5,8,10-12H,1-2H2;/q;;+2/t;3?,5-;/m.0./s1. The van der Waals surface area contributed by atoms with Gasteiger partial charge in [-0.25, -0.2) is 0 Å². The third-order valence-corrected chi connectivity index (χ3v) is 6.82. The zero-order valence-corrected chi connectivity index (χ0v) is 16.1. The molecule has 1 fully saturated rings. The number of carboxylic acid groups (broad SMARTS) is 1. The van der Waals surface area contributed by atoms with Gasteiger partial charge in [0.1, 0.15) is 5.76 Å². The van der Waals surface area contributed by atoms with Crippen LogP contribution < -0.4 is 0 Å². The summed E-state index contributed by atoms with van der Waals surface area (Å²) in [6.07, 6.45) is 3.41. The maximum absolute atomic E-state index is 10.8. The van der Waals surface area contributed by atoms with Crippen LogP contribution in [0.3, 0.4) is 0 Å². The summed E-state index contributed by atoms with van der Waals surface area (Å²) in [5.74, 6) is -2.08. The number of aliphatic carboxylic acids is 1. The van der Waals surface area contributed by atoms with Crippen LogP contribution >= 0.6 is 21.6 Å². The molecule has 25 heavy (non-hydrogen) atoms. The Labute approximate surface area is 165 Å². The van der Waals surface area contributed by atoms with Crippen LogP contribution in [0.5, 0.6) is 0 Å². The van der Waals surface area contributed by atoms with Gasteiger partial charge in [-0.3, -0.25) is 9.59 Å². The molecule has 147 valence electrons. The van der Waals surface area contributed by atoms with Crippen LogP contribution in [-0.2, 0) is 26.7 Å². The van der Waals surface area contributed by atoms with Crippen molar-refractivity contribution in [3.8, 4) is 0 Å². The number of hydrogen-bond donors (Lipinski definition) is 5. The van der Waals surface area contributed by atoms with Gasteiger partial charge in [0, 0.05) is 23.8 Å². The average molecular weight is 444 g/mol. The normalized spacial score (nSPS) is 23.7. The number of carboxylic acids is 1. The zero-order chi connectivity index (χ0) is 18.1. The van der Waals surface area contributed by atoms with Crippen molar-refractivity contribution in [2.75, 3.05) is 12.4 Å². The molecule has 0 bridgehead atoms. The van der Waals surface area contributed by atoms with Gasteiger partial charge in [-0.05, 0) is 19.3 Å².